The summed E-state index contributed by atoms with van der Waals surface area (Å²) in [5.41, 5.74) is 1.69. The van der Waals surface area contributed by atoms with E-state index in [4.69, 9.17) is 25.8 Å². The van der Waals surface area contributed by atoms with Gasteiger partial charge in [0.2, 0.25) is 0 Å². The Kier molecular flexibility index (Phi) is 8.92. The Bertz CT molecular complexity index is 1030. The molecule has 0 saturated carbocycles. The van der Waals surface area contributed by atoms with Gasteiger partial charge in [0.15, 0.2) is 18.1 Å². The molecule has 31 heavy (non-hydrogen) atoms. The fourth-order valence-electron chi connectivity index (χ4n) is 2.59. The predicted molar refractivity (Wildman–Crippen MR) is 118 cm³/mol. The molecule has 0 aliphatic rings. The van der Waals surface area contributed by atoms with Gasteiger partial charge in [0, 0.05) is 10.7 Å². The van der Waals surface area contributed by atoms with Crippen LogP contribution in [0.5, 0.6) is 11.5 Å². The highest BCUT2D eigenvalue weighted by molar-refractivity contribution is 6.31. The molecule has 0 heterocycles. The number of carbonyl (C=O) groups excluding carboxylic acids is 2. The van der Waals surface area contributed by atoms with Gasteiger partial charge in [-0.3, -0.25) is 4.79 Å². The van der Waals surface area contributed by atoms with Crippen molar-refractivity contribution in [3.63, 3.8) is 0 Å². The van der Waals surface area contributed by atoms with E-state index < -0.39 is 11.9 Å². The summed E-state index contributed by atoms with van der Waals surface area (Å²) in [6.07, 6.45) is 1.44. The maximum absolute atomic E-state index is 12.6. The van der Waals surface area contributed by atoms with E-state index in [1.54, 1.807) is 57.2 Å². The second-order valence-corrected chi connectivity index (χ2v) is 6.68. The van der Waals surface area contributed by atoms with Crippen LogP contribution in [-0.2, 0) is 14.3 Å². The van der Waals surface area contributed by atoms with E-state index in [1.807, 2.05) is 6.07 Å². The van der Waals surface area contributed by atoms with Gasteiger partial charge in [-0.25, -0.2) is 4.79 Å². The summed E-state index contributed by atoms with van der Waals surface area (Å²) in [7, 11) is 0. The summed E-state index contributed by atoms with van der Waals surface area (Å²) >= 11 is 6.08. The lowest BCUT2D eigenvalue weighted by Crippen LogP contribution is -2.15. The van der Waals surface area contributed by atoms with Gasteiger partial charge >= 0.3 is 5.97 Å². The van der Waals surface area contributed by atoms with Crippen molar-refractivity contribution in [3.8, 4) is 17.6 Å². The molecule has 1 amide bonds. The van der Waals surface area contributed by atoms with Crippen LogP contribution in [-0.4, -0.2) is 31.7 Å². The van der Waals surface area contributed by atoms with Gasteiger partial charge in [0.25, 0.3) is 5.91 Å². The molecule has 2 aromatic carbocycles. The van der Waals surface area contributed by atoms with Crippen molar-refractivity contribution in [2.45, 2.75) is 20.8 Å². The molecule has 1 N–H and O–H groups in total. The fourth-order valence-corrected chi connectivity index (χ4v) is 2.76. The molecule has 0 aromatic heterocycles. The summed E-state index contributed by atoms with van der Waals surface area (Å²) < 4.78 is 15.9. The van der Waals surface area contributed by atoms with Crippen molar-refractivity contribution >= 4 is 35.2 Å². The number of rotatable bonds is 9. The summed E-state index contributed by atoms with van der Waals surface area (Å²) in [6.45, 7) is 5.66. The summed E-state index contributed by atoms with van der Waals surface area (Å²) in [5, 5.41) is 12.7. The molecule has 2 rings (SSSR count). The van der Waals surface area contributed by atoms with Gasteiger partial charge in [-0.2, -0.15) is 5.26 Å². The number of hydrogen-bond donors (Lipinski definition) is 1. The second kappa shape index (κ2) is 11.6. The van der Waals surface area contributed by atoms with Gasteiger partial charge in [-0.05, 0) is 62.2 Å². The van der Waals surface area contributed by atoms with E-state index in [9.17, 15) is 14.9 Å². The largest absolute Gasteiger partial charge is 0.490 e. The van der Waals surface area contributed by atoms with Gasteiger partial charge in [-0.15, -0.1) is 0 Å². The van der Waals surface area contributed by atoms with Crippen LogP contribution in [0.3, 0.4) is 0 Å². The van der Waals surface area contributed by atoms with Crippen LogP contribution in [0, 0.1) is 18.3 Å². The highest BCUT2D eigenvalue weighted by Crippen LogP contribution is 2.30. The standard InChI is InChI=1S/C23H23ClN2O5/c1-4-29-21-12-16(9-10-20(21)31-14-22(27)30-5-2)11-17(13-25)23(28)26-19-8-6-7-18(24)15(19)3/h6-12H,4-5,14H2,1-3H3,(H,26,28)/b17-11+. The lowest BCUT2D eigenvalue weighted by Gasteiger charge is -2.12. The molecular formula is C23H23ClN2O5. The highest BCUT2D eigenvalue weighted by Gasteiger charge is 2.14. The average molecular weight is 443 g/mol. The highest BCUT2D eigenvalue weighted by atomic mass is 35.5. The van der Waals surface area contributed by atoms with E-state index in [-0.39, 0.29) is 18.8 Å². The molecule has 0 aliphatic carbocycles. The molecule has 0 radical (unpaired) electrons. The Morgan fingerprint density at radius 1 is 1.13 bits per heavy atom. The third kappa shape index (κ3) is 6.76. The molecule has 2 aromatic rings. The van der Waals surface area contributed by atoms with Crippen molar-refractivity contribution in [1.29, 1.82) is 5.26 Å². The van der Waals surface area contributed by atoms with Crippen molar-refractivity contribution in [2.24, 2.45) is 0 Å². The van der Waals surface area contributed by atoms with Gasteiger partial charge in [0.05, 0.1) is 13.2 Å². The third-order valence-corrected chi connectivity index (χ3v) is 4.52. The van der Waals surface area contributed by atoms with Crippen LogP contribution >= 0.6 is 11.6 Å². The van der Waals surface area contributed by atoms with E-state index in [1.165, 1.54) is 6.08 Å². The fraction of sp³-hybridized carbons (Fsp3) is 0.261. The van der Waals surface area contributed by atoms with Crippen molar-refractivity contribution in [3.05, 3.63) is 58.1 Å². The number of carbonyl (C=O) groups is 2. The van der Waals surface area contributed by atoms with Gasteiger partial charge < -0.3 is 19.5 Å². The van der Waals surface area contributed by atoms with Crippen LogP contribution in [0.15, 0.2) is 42.0 Å². The maximum Gasteiger partial charge on any atom is 0.344 e. The Morgan fingerprint density at radius 2 is 1.90 bits per heavy atom. The molecule has 0 aliphatic heterocycles. The van der Waals surface area contributed by atoms with E-state index in [0.29, 0.717) is 39.9 Å². The number of amides is 1. The smallest absolute Gasteiger partial charge is 0.344 e. The van der Waals surface area contributed by atoms with E-state index in [0.717, 1.165) is 0 Å². The molecule has 0 bridgehead atoms. The Balaban J connectivity index is 2.23. The quantitative estimate of drug-likeness (QED) is 0.348. The van der Waals surface area contributed by atoms with Crippen LogP contribution < -0.4 is 14.8 Å². The predicted octanol–water partition coefficient (Wildman–Crippen LogP) is 4.53. The number of ether oxygens (including phenoxy) is 3. The first-order valence-corrected chi connectivity index (χ1v) is 10.0. The zero-order chi connectivity index (χ0) is 22.8. The molecule has 0 fully saturated rings. The lowest BCUT2D eigenvalue weighted by molar-refractivity contribution is -0.145. The van der Waals surface area contributed by atoms with Crippen LogP contribution in [0.2, 0.25) is 5.02 Å². The topological polar surface area (TPSA) is 97.7 Å². The maximum atomic E-state index is 12.6. The Hall–Kier alpha value is -3.50. The summed E-state index contributed by atoms with van der Waals surface area (Å²) in [6, 6.07) is 11.9. The van der Waals surface area contributed by atoms with E-state index in [2.05, 4.69) is 5.32 Å². The summed E-state index contributed by atoms with van der Waals surface area (Å²) in [4.78, 5) is 24.1. The molecule has 7 nitrogen and oxygen atoms in total. The zero-order valence-electron chi connectivity index (χ0n) is 17.5. The molecule has 162 valence electrons. The number of hydrogen-bond acceptors (Lipinski definition) is 6. The van der Waals surface area contributed by atoms with Gasteiger partial charge in [0.1, 0.15) is 11.6 Å². The zero-order valence-corrected chi connectivity index (χ0v) is 18.3. The minimum absolute atomic E-state index is 0.0954. The van der Waals surface area contributed by atoms with Crippen LogP contribution in [0.4, 0.5) is 5.69 Å². The second-order valence-electron chi connectivity index (χ2n) is 6.27. The molecule has 0 unspecified atom stereocenters. The molecule has 0 saturated heterocycles. The number of esters is 1. The van der Waals surface area contributed by atoms with Crippen molar-refractivity contribution in [1.82, 2.24) is 0 Å². The van der Waals surface area contributed by atoms with Gasteiger partial charge in [-0.1, -0.05) is 23.7 Å². The Labute approximate surface area is 186 Å². The average Bonchev–Trinajstić information content (AvgIpc) is 2.75. The third-order valence-electron chi connectivity index (χ3n) is 4.11. The lowest BCUT2D eigenvalue weighted by atomic mass is 10.1. The first-order valence-electron chi connectivity index (χ1n) is 9.63. The number of benzene rings is 2. The number of halogens is 1. The van der Waals surface area contributed by atoms with E-state index >= 15 is 0 Å². The van der Waals surface area contributed by atoms with Crippen LogP contribution in [0.1, 0.15) is 25.0 Å². The number of anilines is 1. The van der Waals surface area contributed by atoms with Crippen LogP contribution in [0.25, 0.3) is 6.08 Å². The minimum atomic E-state index is -0.562. The molecule has 0 atom stereocenters. The minimum Gasteiger partial charge on any atom is -0.490 e. The molecule has 8 heteroatoms. The molecular weight excluding hydrogens is 420 g/mol. The SMILES string of the molecule is CCOC(=O)COc1ccc(/C=C(\C#N)C(=O)Nc2cccc(Cl)c2C)cc1OCC. The molecule has 0 spiro atoms. The first-order chi connectivity index (χ1) is 14.9. The number of nitrogens with one attached hydrogen (secondary N) is 1. The van der Waals surface area contributed by atoms with Crippen molar-refractivity contribution < 1.29 is 23.8 Å². The number of nitrogens with zero attached hydrogens (tertiary/aromatic N) is 1. The summed E-state index contributed by atoms with van der Waals surface area (Å²) in [5.74, 6) is -0.323. The number of nitriles is 1. The normalized spacial score (nSPS) is 10.7. The first kappa shape index (κ1) is 23.8. The van der Waals surface area contributed by atoms with Crippen molar-refractivity contribution in [2.75, 3.05) is 25.1 Å². The Morgan fingerprint density at radius 3 is 2.58 bits per heavy atom. The monoisotopic (exact) mass is 442 g/mol.